The first-order valence-corrected chi connectivity index (χ1v) is 11.8. The first-order chi connectivity index (χ1) is 14.1. The second kappa shape index (κ2) is 8.06. The van der Waals surface area contributed by atoms with Gasteiger partial charge in [0.05, 0.1) is 10.6 Å². The van der Waals surface area contributed by atoms with E-state index in [-0.39, 0.29) is 11.4 Å². The van der Waals surface area contributed by atoms with Crippen molar-refractivity contribution in [2.24, 2.45) is 4.99 Å². The summed E-state index contributed by atoms with van der Waals surface area (Å²) in [6.45, 7) is 6.75. The Morgan fingerprint density at radius 1 is 1.30 bits per heavy atom. The number of fused-ring (bicyclic) bond motifs is 1. The zero-order valence-corrected chi connectivity index (χ0v) is 20.5. The zero-order chi connectivity index (χ0) is 21.6. The highest BCUT2D eigenvalue weighted by Gasteiger charge is 2.34. The van der Waals surface area contributed by atoms with Gasteiger partial charge in [0.15, 0.2) is 5.17 Å². The molecule has 30 heavy (non-hydrogen) atoms. The van der Waals surface area contributed by atoms with Gasteiger partial charge >= 0.3 is 0 Å². The van der Waals surface area contributed by atoms with Crippen molar-refractivity contribution in [3.05, 3.63) is 61.9 Å². The van der Waals surface area contributed by atoms with Crippen molar-refractivity contribution >= 4 is 67.8 Å². The molecule has 156 valence electrons. The molecule has 1 saturated heterocycles. The monoisotopic (exact) mass is 503 g/mol. The van der Waals surface area contributed by atoms with Crippen LogP contribution in [-0.4, -0.2) is 23.7 Å². The molecule has 4 rings (SSSR count). The van der Waals surface area contributed by atoms with Crippen LogP contribution in [0.4, 0.5) is 11.4 Å². The van der Waals surface area contributed by atoms with E-state index >= 15 is 0 Å². The Kier molecular flexibility index (Phi) is 5.77. The minimum Gasteiger partial charge on any atom is -0.369 e. The highest BCUT2D eigenvalue weighted by molar-refractivity contribution is 9.10. The molecule has 0 saturated carbocycles. The molecule has 2 aromatic carbocycles. The normalized spacial score (nSPS) is 23.1. The van der Waals surface area contributed by atoms with Crippen LogP contribution >= 0.6 is 39.3 Å². The predicted molar refractivity (Wildman–Crippen MR) is 132 cm³/mol. The quantitative estimate of drug-likeness (QED) is 0.462. The molecule has 2 aromatic rings. The maximum Gasteiger partial charge on any atom is 0.264 e. The van der Waals surface area contributed by atoms with Crippen molar-refractivity contribution in [2.75, 3.05) is 11.9 Å². The van der Waals surface area contributed by atoms with E-state index in [0.717, 1.165) is 27.8 Å². The summed E-state index contributed by atoms with van der Waals surface area (Å²) >= 11 is 11.4. The van der Waals surface area contributed by atoms with Gasteiger partial charge in [-0.25, -0.2) is 4.99 Å². The van der Waals surface area contributed by atoms with E-state index < -0.39 is 0 Å². The lowest BCUT2D eigenvalue weighted by atomic mass is 9.80. The fourth-order valence-electron chi connectivity index (χ4n) is 3.97. The number of carbonyl (C=O) groups excluding carboxylic acids is 1. The third-order valence-corrected chi connectivity index (χ3v) is 7.51. The lowest BCUT2D eigenvalue weighted by Crippen LogP contribution is -2.45. The summed E-state index contributed by atoms with van der Waals surface area (Å²) in [5, 5.41) is 4.05. The van der Waals surface area contributed by atoms with Crippen LogP contribution in [0.15, 0.2) is 50.8 Å². The molecule has 1 atom stereocenters. The molecule has 0 aliphatic carbocycles. The SMILES string of the molecule is CC1CC(C)(C)N(C)c2cc(Cl)c(/C=C3/SC(=Nc4ccc(Br)cc4)NC3=O)cc21. The zero-order valence-electron chi connectivity index (χ0n) is 17.3. The van der Waals surface area contributed by atoms with E-state index in [1.165, 1.54) is 17.3 Å². The van der Waals surface area contributed by atoms with E-state index in [2.05, 4.69) is 65.0 Å². The van der Waals surface area contributed by atoms with Crippen molar-refractivity contribution in [2.45, 2.75) is 38.6 Å². The summed E-state index contributed by atoms with van der Waals surface area (Å²) in [6, 6.07) is 11.8. The van der Waals surface area contributed by atoms with E-state index in [9.17, 15) is 4.79 Å². The Labute approximate surface area is 194 Å². The number of thioether (sulfide) groups is 1. The third-order valence-electron chi connectivity index (χ3n) is 5.75. The van der Waals surface area contributed by atoms with E-state index in [1.807, 2.05) is 36.4 Å². The van der Waals surface area contributed by atoms with Crippen LogP contribution < -0.4 is 10.2 Å². The third kappa shape index (κ3) is 4.18. The van der Waals surface area contributed by atoms with Crippen LogP contribution in [-0.2, 0) is 4.79 Å². The molecule has 7 heteroatoms. The number of amidine groups is 1. The van der Waals surface area contributed by atoms with E-state index in [4.69, 9.17) is 11.6 Å². The molecule has 0 aromatic heterocycles. The number of nitrogens with zero attached hydrogens (tertiary/aromatic N) is 2. The number of benzene rings is 2. The Balaban J connectivity index is 1.64. The molecule has 1 N–H and O–H groups in total. The summed E-state index contributed by atoms with van der Waals surface area (Å²) in [5.41, 5.74) is 4.15. The lowest BCUT2D eigenvalue weighted by Gasteiger charge is -2.45. The van der Waals surface area contributed by atoms with Crippen LogP contribution in [0, 0.1) is 0 Å². The summed E-state index contributed by atoms with van der Waals surface area (Å²) in [6.07, 6.45) is 2.92. The average Bonchev–Trinajstić information content (AvgIpc) is 3.01. The summed E-state index contributed by atoms with van der Waals surface area (Å²) < 4.78 is 0.987. The molecule has 1 unspecified atom stereocenters. The van der Waals surface area contributed by atoms with Crippen LogP contribution in [0.5, 0.6) is 0 Å². The number of hydrogen-bond acceptors (Lipinski definition) is 4. The Bertz CT molecular complexity index is 1080. The second-order valence-corrected chi connectivity index (χ2v) is 10.7. The highest BCUT2D eigenvalue weighted by Crippen LogP contribution is 2.45. The van der Waals surface area contributed by atoms with E-state index in [0.29, 0.717) is 21.0 Å². The number of halogens is 2. The van der Waals surface area contributed by atoms with Crippen molar-refractivity contribution in [1.82, 2.24) is 5.32 Å². The van der Waals surface area contributed by atoms with Crippen molar-refractivity contribution in [1.29, 1.82) is 0 Å². The first kappa shape index (κ1) is 21.5. The molecule has 2 heterocycles. The minimum absolute atomic E-state index is 0.0787. The van der Waals surface area contributed by atoms with E-state index in [1.54, 1.807) is 0 Å². The fraction of sp³-hybridized carbons (Fsp3) is 0.304. The molecule has 1 fully saturated rings. The predicted octanol–water partition coefficient (Wildman–Crippen LogP) is 6.72. The number of anilines is 1. The topological polar surface area (TPSA) is 44.7 Å². The molecule has 0 spiro atoms. The lowest BCUT2D eigenvalue weighted by molar-refractivity contribution is -0.115. The van der Waals surface area contributed by atoms with Crippen LogP contribution in [0.3, 0.4) is 0 Å². The molecule has 0 radical (unpaired) electrons. The minimum atomic E-state index is -0.157. The molecule has 2 aliphatic heterocycles. The molecule has 2 aliphatic rings. The van der Waals surface area contributed by atoms with Gasteiger partial charge < -0.3 is 10.2 Å². The van der Waals surface area contributed by atoms with Gasteiger partial charge in [-0.1, -0.05) is 34.5 Å². The van der Waals surface area contributed by atoms with Crippen molar-refractivity contribution < 1.29 is 4.79 Å². The van der Waals surface area contributed by atoms with Crippen LogP contribution in [0.1, 0.15) is 44.2 Å². The number of rotatable bonds is 2. The Hall–Kier alpha value is -1.76. The number of nitrogens with one attached hydrogen (secondary N) is 1. The van der Waals surface area contributed by atoms with Gasteiger partial charge in [-0.3, -0.25) is 4.79 Å². The van der Waals surface area contributed by atoms with Gasteiger partial charge in [0.25, 0.3) is 5.91 Å². The van der Waals surface area contributed by atoms with Gasteiger partial charge in [0, 0.05) is 27.8 Å². The van der Waals surface area contributed by atoms with Gasteiger partial charge in [-0.05, 0) is 91.5 Å². The maximum absolute atomic E-state index is 12.5. The number of hydrogen-bond donors (Lipinski definition) is 1. The molecular weight excluding hydrogens is 482 g/mol. The average molecular weight is 505 g/mol. The summed E-state index contributed by atoms with van der Waals surface area (Å²) in [5.74, 6) is 0.260. The summed E-state index contributed by atoms with van der Waals surface area (Å²) in [7, 11) is 2.12. The van der Waals surface area contributed by atoms with Crippen LogP contribution in [0.2, 0.25) is 5.02 Å². The second-order valence-electron chi connectivity index (χ2n) is 8.37. The molecular formula is C23H23BrClN3OS. The molecule has 0 bridgehead atoms. The van der Waals surface area contributed by atoms with Crippen LogP contribution in [0.25, 0.3) is 6.08 Å². The number of aliphatic imine (C=N–C) groups is 1. The summed E-state index contributed by atoms with van der Waals surface area (Å²) in [4.78, 5) is 19.9. The number of amides is 1. The Morgan fingerprint density at radius 2 is 2.00 bits per heavy atom. The fourth-order valence-corrected chi connectivity index (χ4v) is 5.28. The molecule has 1 amide bonds. The largest absolute Gasteiger partial charge is 0.369 e. The van der Waals surface area contributed by atoms with Gasteiger partial charge in [0.2, 0.25) is 0 Å². The van der Waals surface area contributed by atoms with Gasteiger partial charge in [-0.15, -0.1) is 0 Å². The maximum atomic E-state index is 12.5. The standard InChI is InChI=1S/C23H23BrClN3OS/c1-13-12-23(2,3)28(4)19-11-18(25)14(9-17(13)19)10-20-21(29)27-22(30-20)26-16-7-5-15(24)6-8-16/h5-11,13H,12H2,1-4H3,(H,26,27,29)/b20-10+. The smallest absolute Gasteiger partial charge is 0.264 e. The van der Waals surface area contributed by atoms with Crippen molar-refractivity contribution in [3.8, 4) is 0 Å². The number of carbonyl (C=O) groups is 1. The Morgan fingerprint density at radius 3 is 2.70 bits per heavy atom. The van der Waals surface area contributed by atoms with Gasteiger partial charge in [-0.2, -0.15) is 0 Å². The van der Waals surface area contributed by atoms with Gasteiger partial charge in [0.1, 0.15) is 0 Å². The van der Waals surface area contributed by atoms with Crippen molar-refractivity contribution in [3.63, 3.8) is 0 Å². The highest BCUT2D eigenvalue weighted by atomic mass is 79.9. The molecule has 4 nitrogen and oxygen atoms in total. The first-order valence-electron chi connectivity index (χ1n) is 9.76.